The van der Waals surface area contributed by atoms with Gasteiger partial charge in [0.2, 0.25) is 0 Å². The Morgan fingerprint density at radius 3 is 2.65 bits per heavy atom. The zero-order valence-electron chi connectivity index (χ0n) is 9.92. The Balaban J connectivity index is 3.01. The molecule has 90 valence electrons. The second kappa shape index (κ2) is 6.27. The molecule has 0 aliphatic heterocycles. The summed E-state index contributed by atoms with van der Waals surface area (Å²) in [6, 6.07) is 5.52. The van der Waals surface area contributed by atoms with E-state index in [0.717, 1.165) is 12.0 Å². The third-order valence-corrected chi connectivity index (χ3v) is 2.77. The number of nitriles is 1. The molecule has 0 spiro atoms. The lowest BCUT2D eigenvalue weighted by molar-refractivity contribution is -0.142. The van der Waals surface area contributed by atoms with Crippen molar-refractivity contribution in [2.45, 2.75) is 26.7 Å². The van der Waals surface area contributed by atoms with Crippen LogP contribution in [-0.4, -0.2) is 12.6 Å². The first kappa shape index (κ1) is 13.5. The quantitative estimate of drug-likeness (QED) is 0.773. The lowest BCUT2D eigenvalue weighted by Gasteiger charge is -2.08. The number of carbonyl (C=O) groups is 1. The van der Waals surface area contributed by atoms with Crippen LogP contribution in [0.15, 0.2) is 12.1 Å². The number of hydrogen-bond acceptors (Lipinski definition) is 3. The van der Waals surface area contributed by atoms with Crippen LogP contribution in [0.4, 0.5) is 0 Å². The largest absolute Gasteiger partial charge is 0.466 e. The second-order valence-corrected chi connectivity index (χ2v) is 3.96. The number of benzene rings is 1. The van der Waals surface area contributed by atoms with Crippen molar-refractivity contribution in [2.75, 3.05) is 6.61 Å². The average molecular weight is 252 g/mol. The Bertz CT molecular complexity index is 463. The maximum atomic E-state index is 11.4. The summed E-state index contributed by atoms with van der Waals surface area (Å²) >= 11 is 6.06. The van der Waals surface area contributed by atoms with Gasteiger partial charge in [-0.3, -0.25) is 4.79 Å². The molecule has 0 saturated carbocycles. The molecule has 0 N–H and O–H groups in total. The molecule has 0 aliphatic carbocycles. The van der Waals surface area contributed by atoms with E-state index >= 15 is 0 Å². The Morgan fingerprint density at radius 2 is 2.12 bits per heavy atom. The maximum absolute atomic E-state index is 11.4. The van der Waals surface area contributed by atoms with Crippen LogP contribution in [0.2, 0.25) is 5.02 Å². The molecule has 0 radical (unpaired) electrons. The average Bonchev–Trinajstić information content (AvgIpc) is 2.31. The molecule has 4 heteroatoms. The highest BCUT2D eigenvalue weighted by atomic mass is 35.5. The lowest BCUT2D eigenvalue weighted by atomic mass is 10.0. The number of esters is 1. The summed E-state index contributed by atoms with van der Waals surface area (Å²) in [6.45, 7) is 4.05. The van der Waals surface area contributed by atoms with Gasteiger partial charge in [-0.15, -0.1) is 0 Å². The van der Waals surface area contributed by atoms with Gasteiger partial charge < -0.3 is 4.74 Å². The van der Waals surface area contributed by atoms with Crippen molar-refractivity contribution in [1.82, 2.24) is 0 Å². The highest BCUT2D eigenvalue weighted by molar-refractivity contribution is 6.31. The Labute approximate surface area is 106 Å². The molecule has 1 aromatic carbocycles. The molecule has 1 rings (SSSR count). The van der Waals surface area contributed by atoms with Crippen molar-refractivity contribution in [3.05, 3.63) is 33.8 Å². The molecule has 0 atom stereocenters. The molecule has 0 bridgehead atoms. The van der Waals surface area contributed by atoms with Gasteiger partial charge in [-0.25, -0.2) is 0 Å². The van der Waals surface area contributed by atoms with Crippen LogP contribution >= 0.6 is 11.6 Å². The number of rotatable bonds is 4. The van der Waals surface area contributed by atoms with E-state index in [-0.39, 0.29) is 12.4 Å². The number of ether oxygens (including phenoxy) is 1. The van der Waals surface area contributed by atoms with Crippen molar-refractivity contribution >= 4 is 17.6 Å². The van der Waals surface area contributed by atoms with Crippen molar-refractivity contribution in [3.63, 3.8) is 0 Å². The smallest absolute Gasteiger partial charge is 0.310 e. The first-order chi connectivity index (χ1) is 8.12. The van der Waals surface area contributed by atoms with Gasteiger partial charge >= 0.3 is 5.97 Å². The van der Waals surface area contributed by atoms with Crippen LogP contribution in [0.1, 0.15) is 30.5 Å². The molecular formula is C13H14ClNO2. The first-order valence-corrected chi connectivity index (χ1v) is 5.87. The summed E-state index contributed by atoms with van der Waals surface area (Å²) < 4.78 is 4.85. The van der Waals surface area contributed by atoms with Crippen LogP contribution < -0.4 is 0 Å². The topological polar surface area (TPSA) is 50.1 Å². The molecule has 0 amide bonds. The fraction of sp³-hybridized carbons (Fsp3) is 0.385. The van der Waals surface area contributed by atoms with Gasteiger partial charge in [0.1, 0.15) is 0 Å². The number of nitrogens with zero attached hydrogens (tertiary/aromatic N) is 1. The van der Waals surface area contributed by atoms with Crippen molar-refractivity contribution < 1.29 is 9.53 Å². The fourth-order valence-corrected chi connectivity index (χ4v) is 1.81. The van der Waals surface area contributed by atoms with Crippen LogP contribution in [0, 0.1) is 11.3 Å². The molecule has 1 aromatic rings. The first-order valence-electron chi connectivity index (χ1n) is 5.49. The molecule has 0 aromatic heterocycles. The van der Waals surface area contributed by atoms with Crippen LogP contribution in [0.25, 0.3) is 0 Å². The molecule has 0 unspecified atom stereocenters. The van der Waals surface area contributed by atoms with Crippen molar-refractivity contribution in [3.8, 4) is 6.07 Å². The van der Waals surface area contributed by atoms with Crippen LogP contribution in [0.5, 0.6) is 0 Å². The highest BCUT2D eigenvalue weighted by Gasteiger charge is 2.11. The summed E-state index contributed by atoms with van der Waals surface area (Å²) in [4.78, 5) is 11.4. The van der Waals surface area contributed by atoms with E-state index in [9.17, 15) is 4.79 Å². The van der Waals surface area contributed by atoms with E-state index in [0.29, 0.717) is 22.8 Å². The SMILES string of the molecule is CCOC(=O)Cc1cc(C#N)c(CC)cc1Cl. The summed E-state index contributed by atoms with van der Waals surface area (Å²) in [7, 11) is 0. The number of aryl methyl sites for hydroxylation is 1. The van der Waals surface area contributed by atoms with E-state index in [1.54, 1.807) is 19.1 Å². The minimum absolute atomic E-state index is 0.103. The minimum Gasteiger partial charge on any atom is -0.466 e. The van der Waals surface area contributed by atoms with Crippen molar-refractivity contribution in [2.24, 2.45) is 0 Å². The molecule has 0 fully saturated rings. The van der Waals surface area contributed by atoms with E-state index in [4.69, 9.17) is 21.6 Å². The predicted molar refractivity (Wildman–Crippen MR) is 65.9 cm³/mol. The van der Waals surface area contributed by atoms with Crippen LogP contribution in [-0.2, 0) is 22.4 Å². The van der Waals surface area contributed by atoms with Gasteiger partial charge in [-0.1, -0.05) is 18.5 Å². The molecule has 0 aliphatic rings. The molecule has 0 heterocycles. The summed E-state index contributed by atoms with van der Waals surface area (Å²) in [5.41, 5.74) is 2.10. The Morgan fingerprint density at radius 1 is 1.41 bits per heavy atom. The third-order valence-electron chi connectivity index (χ3n) is 2.41. The third kappa shape index (κ3) is 3.47. The monoisotopic (exact) mass is 251 g/mol. The molecule has 3 nitrogen and oxygen atoms in total. The highest BCUT2D eigenvalue weighted by Crippen LogP contribution is 2.22. The standard InChI is InChI=1S/C13H14ClNO2/c1-3-9-6-12(14)10(5-11(9)8-15)7-13(16)17-4-2/h5-6H,3-4,7H2,1-2H3. The maximum Gasteiger partial charge on any atom is 0.310 e. The van der Waals surface area contributed by atoms with Gasteiger partial charge in [0, 0.05) is 5.02 Å². The zero-order chi connectivity index (χ0) is 12.8. The summed E-state index contributed by atoms with van der Waals surface area (Å²) in [6.07, 6.45) is 0.841. The van der Waals surface area contributed by atoms with Gasteiger partial charge in [-0.05, 0) is 36.6 Å². The van der Waals surface area contributed by atoms with Gasteiger partial charge in [0.25, 0.3) is 0 Å². The van der Waals surface area contributed by atoms with Gasteiger partial charge in [0.05, 0.1) is 24.7 Å². The van der Waals surface area contributed by atoms with Crippen molar-refractivity contribution in [1.29, 1.82) is 5.26 Å². The number of carbonyl (C=O) groups excluding carboxylic acids is 1. The van der Waals surface area contributed by atoms with Gasteiger partial charge in [0.15, 0.2) is 0 Å². The Hall–Kier alpha value is -1.53. The zero-order valence-corrected chi connectivity index (χ0v) is 10.7. The Kier molecular flexibility index (Phi) is 4.99. The summed E-state index contributed by atoms with van der Waals surface area (Å²) in [5, 5.41) is 9.50. The number of hydrogen-bond donors (Lipinski definition) is 0. The fourth-order valence-electron chi connectivity index (χ4n) is 1.56. The lowest BCUT2D eigenvalue weighted by Crippen LogP contribution is -2.08. The number of halogens is 1. The predicted octanol–water partition coefficient (Wildman–Crippen LogP) is 2.88. The van der Waals surface area contributed by atoms with E-state index in [2.05, 4.69) is 6.07 Å². The van der Waals surface area contributed by atoms with E-state index in [1.165, 1.54) is 0 Å². The van der Waals surface area contributed by atoms with E-state index < -0.39 is 0 Å². The molecule has 0 saturated heterocycles. The van der Waals surface area contributed by atoms with E-state index in [1.807, 2.05) is 6.92 Å². The van der Waals surface area contributed by atoms with Gasteiger partial charge in [-0.2, -0.15) is 5.26 Å². The molecule has 17 heavy (non-hydrogen) atoms. The minimum atomic E-state index is -0.331. The second-order valence-electron chi connectivity index (χ2n) is 3.55. The van der Waals surface area contributed by atoms with Crippen LogP contribution in [0.3, 0.4) is 0 Å². The summed E-state index contributed by atoms with van der Waals surface area (Å²) in [5.74, 6) is -0.331. The normalized spacial score (nSPS) is 9.76. The molecular weight excluding hydrogens is 238 g/mol.